The fourth-order valence-corrected chi connectivity index (χ4v) is 5.11. The van der Waals surface area contributed by atoms with Crippen molar-refractivity contribution in [2.45, 2.75) is 71.8 Å². The van der Waals surface area contributed by atoms with Crippen molar-refractivity contribution in [2.75, 3.05) is 19.6 Å². The third-order valence-electron chi connectivity index (χ3n) is 6.03. The van der Waals surface area contributed by atoms with Crippen molar-refractivity contribution in [1.82, 2.24) is 15.2 Å². The summed E-state index contributed by atoms with van der Waals surface area (Å²) in [4.78, 5) is 19.8. The van der Waals surface area contributed by atoms with Gasteiger partial charge in [-0.25, -0.2) is 4.98 Å². The number of thiazole rings is 1. The van der Waals surface area contributed by atoms with E-state index in [4.69, 9.17) is 0 Å². The summed E-state index contributed by atoms with van der Waals surface area (Å²) in [6.45, 7) is 9.54. The minimum absolute atomic E-state index is 0. The Bertz CT molecular complexity index is 558. The molecule has 0 radical (unpaired) electrons. The summed E-state index contributed by atoms with van der Waals surface area (Å²) in [5.74, 6) is 1.54. The predicted octanol–water partition coefficient (Wildman–Crippen LogP) is 5.06. The van der Waals surface area contributed by atoms with Crippen LogP contribution in [0.2, 0.25) is 0 Å². The number of halogens is 1. The molecule has 2 heterocycles. The molecule has 4 nitrogen and oxygen atoms in total. The third kappa shape index (κ3) is 6.43. The largest absolute Gasteiger partial charge is 0.346 e. The number of rotatable bonds is 5. The average Bonchev–Trinajstić information content (AvgIpc) is 3.15. The van der Waals surface area contributed by atoms with Crippen LogP contribution in [0.4, 0.5) is 0 Å². The Morgan fingerprint density at radius 2 is 1.89 bits per heavy atom. The maximum atomic E-state index is 12.6. The fourth-order valence-electron chi connectivity index (χ4n) is 4.33. The highest BCUT2D eigenvalue weighted by atomic mass is 35.5. The summed E-state index contributed by atoms with van der Waals surface area (Å²) < 4.78 is 0. The molecule has 6 heteroatoms. The maximum absolute atomic E-state index is 12.6. The quantitative estimate of drug-likeness (QED) is 0.733. The number of amides is 1. The van der Waals surface area contributed by atoms with Crippen LogP contribution in [0, 0.1) is 17.3 Å². The summed E-state index contributed by atoms with van der Waals surface area (Å²) in [5.41, 5.74) is -0.364. The molecule has 3 rings (SSSR count). The van der Waals surface area contributed by atoms with Crippen molar-refractivity contribution in [3.05, 3.63) is 16.6 Å². The van der Waals surface area contributed by atoms with E-state index in [1.807, 2.05) is 32.3 Å². The number of nitrogens with zero attached hydrogens (tertiary/aromatic N) is 2. The Kier molecular flexibility index (Phi) is 8.57. The van der Waals surface area contributed by atoms with Gasteiger partial charge in [-0.3, -0.25) is 4.79 Å². The summed E-state index contributed by atoms with van der Waals surface area (Å²) in [7, 11) is 0. The summed E-state index contributed by atoms with van der Waals surface area (Å²) in [5, 5.41) is 6.40. The molecule has 0 spiro atoms. The van der Waals surface area contributed by atoms with Gasteiger partial charge in [0, 0.05) is 23.5 Å². The van der Waals surface area contributed by atoms with Crippen LogP contribution in [0.5, 0.6) is 0 Å². The molecule has 1 N–H and O–H groups in total. The van der Waals surface area contributed by atoms with Gasteiger partial charge in [-0.15, -0.1) is 23.7 Å². The number of hydrogen-bond donors (Lipinski definition) is 1. The molecule has 1 saturated heterocycles. The molecule has 1 aromatic heterocycles. The Morgan fingerprint density at radius 1 is 1.22 bits per heavy atom. The van der Waals surface area contributed by atoms with E-state index in [9.17, 15) is 4.79 Å². The summed E-state index contributed by atoms with van der Waals surface area (Å²) >= 11 is 1.67. The highest BCUT2D eigenvalue weighted by molar-refractivity contribution is 7.09. The first kappa shape index (κ1) is 22.6. The van der Waals surface area contributed by atoms with Crippen molar-refractivity contribution in [3.8, 4) is 0 Å². The summed E-state index contributed by atoms with van der Waals surface area (Å²) in [6.07, 6.45) is 11.3. The van der Waals surface area contributed by atoms with Gasteiger partial charge in [0.1, 0.15) is 5.01 Å². The lowest BCUT2D eigenvalue weighted by atomic mass is 9.85. The molecule has 2 aliphatic rings. The molecule has 1 amide bonds. The molecule has 0 aromatic carbocycles. The lowest BCUT2D eigenvalue weighted by Crippen LogP contribution is -2.44. The zero-order chi connectivity index (χ0) is 18.6. The Balaban J connectivity index is 0.00000261. The van der Waals surface area contributed by atoms with Crippen LogP contribution in [0.15, 0.2) is 11.6 Å². The summed E-state index contributed by atoms with van der Waals surface area (Å²) in [6, 6.07) is 0.0681. The lowest BCUT2D eigenvalue weighted by molar-refractivity contribution is -0.129. The van der Waals surface area contributed by atoms with Gasteiger partial charge in [0.05, 0.1) is 6.04 Å². The van der Waals surface area contributed by atoms with Crippen molar-refractivity contribution >= 4 is 29.7 Å². The highest BCUT2D eigenvalue weighted by Crippen LogP contribution is 2.34. The van der Waals surface area contributed by atoms with E-state index < -0.39 is 0 Å². The van der Waals surface area contributed by atoms with E-state index in [0.29, 0.717) is 5.92 Å². The molecule has 2 fully saturated rings. The number of carbonyl (C=O) groups excluding carboxylic acids is 1. The van der Waals surface area contributed by atoms with Crippen molar-refractivity contribution in [2.24, 2.45) is 17.3 Å². The second-order valence-corrected chi connectivity index (χ2v) is 10.1. The van der Waals surface area contributed by atoms with E-state index >= 15 is 0 Å². The normalized spacial score (nSPS) is 21.4. The molecule has 154 valence electrons. The van der Waals surface area contributed by atoms with Crippen LogP contribution in [-0.4, -0.2) is 35.4 Å². The van der Waals surface area contributed by atoms with Crippen LogP contribution in [0.1, 0.15) is 76.8 Å². The standard InChI is InChI=1S/C21H35N3OS.ClH/c1-21(2,3)20(25)23-18(19-22-11-14-26-19)17-9-12-24(13-10-17)15-16-7-5-4-6-8-16;/h11,14,16-18H,4-10,12-13,15H2,1-3H3,(H,23,25);1H. The van der Waals surface area contributed by atoms with E-state index in [1.54, 1.807) is 11.3 Å². The minimum atomic E-state index is -0.364. The van der Waals surface area contributed by atoms with Gasteiger partial charge in [-0.2, -0.15) is 0 Å². The Morgan fingerprint density at radius 3 is 2.44 bits per heavy atom. The first-order valence-electron chi connectivity index (χ1n) is 10.4. The second-order valence-electron chi connectivity index (χ2n) is 9.21. The van der Waals surface area contributed by atoms with Crippen LogP contribution < -0.4 is 5.32 Å². The zero-order valence-electron chi connectivity index (χ0n) is 17.1. The topological polar surface area (TPSA) is 45.2 Å². The van der Waals surface area contributed by atoms with E-state index in [0.717, 1.165) is 36.9 Å². The molecule has 1 aliphatic heterocycles. The van der Waals surface area contributed by atoms with E-state index in [-0.39, 0.29) is 29.8 Å². The molecule has 27 heavy (non-hydrogen) atoms. The average molecular weight is 414 g/mol. The first-order chi connectivity index (χ1) is 12.4. The number of piperidine rings is 1. The number of carbonyl (C=O) groups is 1. The van der Waals surface area contributed by atoms with E-state index in [2.05, 4.69) is 15.2 Å². The third-order valence-corrected chi connectivity index (χ3v) is 6.89. The van der Waals surface area contributed by atoms with Crippen molar-refractivity contribution < 1.29 is 4.79 Å². The smallest absolute Gasteiger partial charge is 0.225 e. The van der Waals surface area contributed by atoms with Crippen LogP contribution in [0.25, 0.3) is 0 Å². The number of likely N-dealkylation sites (tertiary alicyclic amines) is 1. The highest BCUT2D eigenvalue weighted by Gasteiger charge is 2.33. The van der Waals surface area contributed by atoms with Crippen molar-refractivity contribution in [1.29, 1.82) is 0 Å². The molecule has 1 unspecified atom stereocenters. The fraction of sp³-hybridized carbons (Fsp3) is 0.810. The van der Waals surface area contributed by atoms with E-state index in [1.165, 1.54) is 38.6 Å². The molecule has 1 saturated carbocycles. The second kappa shape index (κ2) is 10.2. The monoisotopic (exact) mass is 413 g/mol. The minimum Gasteiger partial charge on any atom is -0.346 e. The molecule has 1 aliphatic carbocycles. The van der Waals surface area contributed by atoms with Crippen molar-refractivity contribution in [3.63, 3.8) is 0 Å². The van der Waals surface area contributed by atoms with Gasteiger partial charge < -0.3 is 10.2 Å². The van der Waals surface area contributed by atoms with Gasteiger partial charge in [-0.1, -0.05) is 40.0 Å². The van der Waals surface area contributed by atoms with Gasteiger partial charge in [0.15, 0.2) is 0 Å². The van der Waals surface area contributed by atoms with Crippen LogP contribution in [-0.2, 0) is 4.79 Å². The first-order valence-corrected chi connectivity index (χ1v) is 11.2. The lowest BCUT2D eigenvalue weighted by Gasteiger charge is -2.38. The molecule has 0 bridgehead atoms. The molecular weight excluding hydrogens is 378 g/mol. The van der Waals surface area contributed by atoms with Crippen LogP contribution in [0.3, 0.4) is 0 Å². The Labute approximate surface area is 174 Å². The van der Waals surface area contributed by atoms with Crippen LogP contribution >= 0.6 is 23.7 Å². The molecule has 1 atom stereocenters. The molecule has 1 aromatic rings. The van der Waals surface area contributed by atoms with Gasteiger partial charge in [0.25, 0.3) is 0 Å². The molecular formula is C21H36ClN3OS. The number of aromatic nitrogens is 1. The maximum Gasteiger partial charge on any atom is 0.225 e. The zero-order valence-corrected chi connectivity index (χ0v) is 18.7. The van der Waals surface area contributed by atoms with Gasteiger partial charge >= 0.3 is 0 Å². The number of hydrogen-bond acceptors (Lipinski definition) is 4. The Hall–Kier alpha value is -0.650. The SMILES string of the molecule is CC(C)(C)C(=O)NC(c1nccs1)C1CCN(CC2CCCCC2)CC1.Cl. The van der Waals surface area contributed by atoms with Gasteiger partial charge in [0.2, 0.25) is 5.91 Å². The van der Waals surface area contributed by atoms with Gasteiger partial charge in [-0.05, 0) is 50.6 Å². The predicted molar refractivity (Wildman–Crippen MR) is 115 cm³/mol. The number of nitrogens with one attached hydrogen (secondary N) is 1.